The highest BCUT2D eigenvalue weighted by Crippen LogP contribution is 2.29. The molecule has 1 fully saturated rings. The van der Waals surface area contributed by atoms with Gasteiger partial charge in [-0.05, 0) is 61.7 Å². The molecule has 2 aromatic rings. The number of amides is 2. The summed E-state index contributed by atoms with van der Waals surface area (Å²) in [7, 11) is 0. The second-order valence-corrected chi connectivity index (χ2v) is 7.50. The Hall–Kier alpha value is -2.14. The van der Waals surface area contributed by atoms with Crippen LogP contribution in [0.2, 0.25) is 0 Å². The maximum Gasteiger partial charge on any atom is 0.229 e. The van der Waals surface area contributed by atoms with Gasteiger partial charge in [0.05, 0.1) is 5.92 Å². The first-order valence-corrected chi connectivity index (χ1v) is 9.09. The Morgan fingerprint density at radius 2 is 1.88 bits per heavy atom. The van der Waals surface area contributed by atoms with Crippen LogP contribution in [0.5, 0.6) is 0 Å². The maximum atomic E-state index is 12.6. The highest BCUT2D eigenvalue weighted by atomic mass is 79.9. The first-order chi connectivity index (χ1) is 11.8. The van der Waals surface area contributed by atoms with Crippen LogP contribution in [0.1, 0.15) is 23.1 Å². The molecule has 2 aromatic carbocycles. The van der Waals surface area contributed by atoms with E-state index in [1.54, 1.807) is 4.90 Å². The lowest BCUT2D eigenvalue weighted by Crippen LogP contribution is -2.28. The summed E-state index contributed by atoms with van der Waals surface area (Å²) in [6, 6.07) is 11.7. The summed E-state index contributed by atoms with van der Waals surface area (Å²) in [4.78, 5) is 26.8. The molecule has 1 saturated heterocycles. The van der Waals surface area contributed by atoms with Gasteiger partial charge in [0.1, 0.15) is 0 Å². The van der Waals surface area contributed by atoms with E-state index in [4.69, 9.17) is 0 Å². The molecule has 130 valence electrons. The minimum absolute atomic E-state index is 0.000775. The number of nitrogens with one attached hydrogen (secondary N) is 1. The smallest absolute Gasteiger partial charge is 0.229 e. The van der Waals surface area contributed by atoms with Gasteiger partial charge in [0, 0.05) is 28.8 Å². The third-order valence-electron chi connectivity index (χ3n) is 4.58. The Bertz CT molecular complexity index is 848. The molecule has 0 bridgehead atoms. The minimum Gasteiger partial charge on any atom is -0.326 e. The van der Waals surface area contributed by atoms with E-state index in [0.29, 0.717) is 6.54 Å². The van der Waals surface area contributed by atoms with E-state index >= 15 is 0 Å². The average Bonchev–Trinajstić information content (AvgIpc) is 2.95. The third kappa shape index (κ3) is 3.76. The Labute approximate surface area is 156 Å². The number of halogens is 1. The van der Waals surface area contributed by atoms with E-state index in [1.807, 2.05) is 57.2 Å². The minimum atomic E-state index is -0.337. The van der Waals surface area contributed by atoms with Gasteiger partial charge in [-0.15, -0.1) is 0 Å². The zero-order valence-electron chi connectivity index (χ0n) is 14.6. The van der Waals surface area contributed by atoms with Crippen LogP contribution >= 0.6 is 15.9 Å². The van der Waals surface area contributed by atoms with Crippen LogP contribution in [0.3, 0.4) is 0 Å². The molecule has 0 radical (unpaired) electrons. The first kappa shape index (κ1) is 17.7. The van der Waals surface area contributed by atoms with Crippen LogP contribution in [0.15, 0.2) is 40.9 Å². The summed E-state index contributed by atoms with van der Waals surface area (Å²) < 4.78 is 1.00. The van der Waals surface area contributed by atoms with E-state index in [9.17, 15) is 9.59 Å². The van der Waals surface area contributed by atoms with Crippen molar-refractivity contribution in [2.75, 3.05) is 16.8 Å². The van der Waals surface area contributed by atoms with Crippen LogP contribution in [-0.4, -0.2) is 18.4 Å². The van der Waals surface area contributed by atoms with Crippen LogP contribution in [0.25, 0.3) is 0 Å². The lowest BCUT2D eigenvalue weighted by atomic mass is 10.1. The van der Waals surface area contributed by atoms with E-state index in [0.717, 1.165) is 32.5 Å². The Balaban J connectivity index is 1.74. The molecule has 1 heterocycles. The molecule has 5 heteroatoms. The van der Waals surface area contributed by atoms with Gasteiger partial charge < -0.3 is 10.2 Å². The van der Waals surface area contributed by atoms with Crippen molar-refractivity contribution >= 4 is 39.1 Å². The average molecular weight is 401 g/mol. The molecule has 1 atom stereocenters. The first-order valence-electron chi connectivity index (χ1n) is 8.30. The topological polar surface area (TPSA) is 49.4 Å². The van der Waals surface area contributed by atoms with Gasteiger partial charge in [0.25, 0.3) is 0 Å². The highest BCUT2D eigenvalue weighted by Gasteiger charge is 2.35. The van der Waals surface area contributed by atoms with Crippen molar-refractivity contribution in [2.24, 2.45) is 5.92 Å². The van der Waals surface area contributed by atoms with Gasteiger partial charge in [-0.25, -0.2) is 0 Å². The number of rotatable bonds is 3. The number of nitrogens with zero attached hydrogens (tertiary/aromatic N) is 1. The number of hydrogen-bond donors (Lipinski definition) is 1. The van der Waals surface area contributed by atoms with Gasteiger partial charge in [0.2, 0.25) is 11.8 Å². The summed E-state index contributed by atoms with van der Waals surface area (Å²) in [5.74, 6) is -0.444. The molecular weight excluding hydrogens is 380 g/mol. The van der Waals surface area contributed by atoms with Crippen molar-refractivity contribution in [3.8, 4) is 0 Å². The van der Waals surface area contributed by atoms with E-state index < -0.39 is 0 Å². The largest absolute Gasteiger partial charge is 0.326 e. The fourth-order valence-electron chi connectivity index (χ4n) is 3.09. The van der Waals surface area contributed by atoms with Gasteiger partial charge in [-0.3, -0.25) is 9.59 Å². The summed E-state index contributed by atoms with van der Waals surface area (Å²) >= 11 is 3.45. The molecular formula is C20H21BrN2O2. The van der Waals surface area contributed by atoms with Crippen molar-refractivity contribution < 1.29 is 9.59 Å². The predicted octanol–water partition coefficient (Wildman–Crippen LogP) is 4.37. The Morgan fingerprint density at radius 1 is 1.12 bits per heavy atom. The second kappa shape index (κ2) is 7.00. The summed E-state index contributed by atoms with van der Waals surface area (Å²) in [5.41, 5.74) is 4.86. The zero-order valence-corrected chi connectivity index (χ0v) is 16.2. The normalized spacial score (nSPS) is 17.0. The van der Waals surface area contributed by atoms with Crippen LogP contribution < -0.4 is 10.2 Å². The number of anilines is 2. The molecule has 3 rings (SSSR count). The standard InChI is InChI=1S/C20H21BrN2O2/c1-12-4-5-13(2)18(8-12)23-11-15(10-19(23)24)20(25)22-16-6-7-17(21)14(3)9-16/h4-9,15H,10-11H2,1-3H3,(H,22,25)/t15-/m0/s1. The van der Waals surface area contributed by atoms with Crippen molar-refractivity contribution in [1.29, 1.82) is 0 Å². The second-order valence-electron chi connectivity index (χ2n) is 6.65. The SMILES string of the molecule is Cc1ccc(C)c(N2C[C@@H](C(=O)Nc3ccc(Br)c(C)c3)CC2=O)c1. The van der Waals surface area contributed by atoms with Gasteiger partial charge >= 0.3 is 0 Å². The van der Waals surface area contributed by atoms with E-state index in [2.05, 4.69) is 21.2 Å². The summed E-state index contributed by atoms with van der Waals surface area (Å²) in [6.07, 6.45) is 0.245. The number of carbonyl (C=O) groups excluding carboxylic acids is 2. The number of benzene rings is 2. The van der Waals surface area contributed by atoms with E-state index in [1.165, 1.54) is 0 Å². The third-order valence-corrected chi connectivity index (χ3v) is 5.47. The molecule has 0 aromatic heterocycles. The fraction of sp³-hybridized carbons (Fsp3) is 0.300. The zero-order chi connectivity index (χ0) is 18.1. The number of aryl methyl sites for hydroxylation is 3. The molecule has 1 N–H and O–H groups in total. The summed E-state index contributed by atoms with van der Waals surface area (Å²) in [6.45, 7) is 6.38. The molecule has 0 aliphatic carbocycles. The monoisotopic (exact) mass is 400 g/mol. The summed E-state index contributed by atoms with van der Waals surface area (Å²) in [5, 5.41) is 2.93. The predicted molar refractivity (Wildman–Crippen MR) is 104 cm³/mol. The fourth-order valence-corrected chi connectivity index (χ4v) is 3.34. The van der Waals surface area contributed by atoms with Crippen molar-refractivity contribution in [2.45, 2.75) is 27.2 Å². The van der Waals surface area contributed by atoms with Crippen LogP contribution in [0, 0.1) is 26.7 Å². The molecule has 1 aliphatic heterocycles. The van der Waals surface area contributed by atoms with E-state index in [-0.39, 0.29) is 24.2 Å². The molecule has 0 spiro atoms. The van der Waals surface area contributed by atoms with Crippen molar-refractivity contribution in [1.82, 2.24) is 0 Å². The quantitative estimate of drug-likeness (QED) is 0.831. The lowest BCUT2D eigenvalue weighted by Gasteiger charge is -2.19. The number of carbonyl (C=O) groups is 2. The molecule has 0 saturated carbocycles. The molecule has 2 amide bonds. The van der Waals surface area contributed by atoms with Crippen LogP contribution in [-0.2, 0) is 9.59 Å². The molecule has 0 unspecified atom stereocenters. The van der Waals surface area contributed by atoms with Crippen molar-refractivity contribution in [3.63, 3.8) is 0 Å². The van der Waals surface area contributed by atoms with Crippen molar-refractivity contribution in [3.05, 3.63) is 57.6 Å². The molecule has 4 nitrogen and oxygen atoms in total. The maximum absolute atomic E-state index is 12.6. The van der Waals surface area contributed by atoms with Gasteiger partial charge in [-0.1, -0.05) is 28.1 Å². The Kier molecular flexibility index (Phi) is 4.95. The van der Waals surface area contributed by atoms with Crippen LogP contribution in [0.4, 0.5) is 11.4 Å². The Morgan fingerprint density at radius 3 is 2.60 bits per heavy atom. The van der Waals surface area contributed by atoms with Gasteiger partial charge in [-0.2, -0.15) is 0 Å². The number of hydrogen-bond acceptors (Lipinski definition) is 2. The molecule has 25 heavy (non-hydrogen) atoms. The van der Waals surface area contributed by atoms with Gasteiger partial charge in [0.15, 0.2) is 0 Å². The highest BCUT2D eigenvalue weighted by molar-refractivity contribution is 9.10. The lowest BCUT2D eigenvalue weighted by molar-refractivity contribution is -0.122. The molecule has 1 aliphatic rings.